The van der Waals surface area contributed by atoms with Gasteiger partial charge in [0.1, 0.15) is 4.90 Å². The fourth-order valence-electron chi connectivity index (χ4n) is 4.12. The number of fused-ring (bicyclic) bond motifs is 2. The smallest absolute Gasteiger partial charge is 0.240 e. The van der Waals surface area contributed by atoms with E-state index in [0.717, 1.165) is 22.7 Å². The van der Waals surface area contributed by atoms with Gasteiger partial charge in [0.2, 0.25) is 10.0 Å². The molecule has 0 saturated heterocycles. The van der Waals surface area contributed by atoms with Crippen molar-refractivity contribution in [3.63, 3.8) is 0 Å². The van der Waals surface area contributed by atoms with Gasteiger partial charge in [-0.3, -0.25) is 0 Å². The van der Waals surface area contributed by atoms with Gasteiger partial charge < -0.3 is 4.98 Å². The number of nitrogens with one attached hydrogen (secondary N) is 1. The molecule has 20 heavy (non-hydrogen) atoms. The standard InChI is InChI=1S/C15H18N2O2S/c16-20(18,19)13-8-17-15-11(13)6-3-7-12(15)14-9-4-1-2-5-10(9)14/h3,6-10,14,17H,1-2,4-5H2,(H2,16,18,19)/t9-,10+,14?. The summed E-state index contributed by atoms with van der Waals surface area (Å²) in [6.45, 7) is 0. The van der Waals surface area contributed by atoms with Crippen molar-refractivity contribution in [1.82, 2.24) is 4.98 Å². The summed E-state index contributed by atoms with van der Waals surface area (Å²) in [6.07, 6.45) is 6.82. The molecule has 4 nitrogen and oxygen atoms in total. The number of aromatic nitrogens is 1. The van der Waals surface area contributed by atoms with Gasteiger partial charge in [-0.25, -0.2) is 13.6 Å². The number of sulfonamides is 1. The molecule has 1 heterocycles. The van der Waals surface area contributed by atoms with Crippen LogP contribution in [0.25, 0.3) is 10.9 Å². The number of H-pyrrole nitrogens is 1. The number of benzene rings is 1. The van der Waals surface area contributed by atoms with Crippen molar-refractivity contribution in [3.8, 4) is 0 Å². The summed E-state index contributed by atoms with van der Waals surface area (Å²) in [5, 5.41) is 6.01. The van der Waals surface area contributed by atoms with Crippen LogP contribution in [0.15, 0.2) is 29.3 Å². The van der Waals surface area contributed by atoms with Gasteiger partial charge in [0.05, 0.1) is 5.52 Å². The Morgan fingerprint density at radius 2 is 1.85 bits per heavy atom. The van der Waals surface area contributed by atoms with Gasteiger partial charge in [0.15, 0.2) is 0 Å². The molecule has 5 heteroatoms. The average Bonchev–Trinajstić information content (AvgIpc) is 2.95. The maximum absolute atomic E-state index is 11.6. The monoisotopic (exact) mass is 290 g/mol. The normalized spacial score (nSPS) is 29.4. The second kappa shape index (κ2) is 4.09. The number of hydrogen-bond acceptors (Lipinski definition) is 2. The van der Waals surface area contributed by atoms with E-state index in [4.69, 9.17) is 5.14 Å². The zero-order valence-corrected chi connectivity index (χ0v) is 12.0. The van der Waals surface area contributed by atoms with E-state index < -0.39 is 10.0 Å². The Morgan fingerprint density at radius 3 is 2.50 bits per heavy atom. The SMILES string of the molecule is NS(=O)(=O)c1c[nH]c2c(C3[C@H]4CCCC[C@@H]34)cccc12. The van der Waals surface area contributed by atoms with Crippen molar-refractivity contribution in [2.24, 2.45) is 17.0 Å². The number of nitrogens with two attached hydrogens (primary N) is 1. The van der Waals surface area contributed by atoms with Crippen molar-refractivity contribution >= 4 is 20.9 Å². The van der Waals surface area contributed by atoms with E-state index in [1.807, 2.05) is 12.1 Å². The van der Waals surface area contributed by atoms with Gasteiger partial charge in [0.25, 0.3) is 0 Å². The number of hydrogen-bond donors (Lipinski definition) is 2. The van der Waals surface area contributed by atoms with Gasteiger partial charge in [-0.05, 0) is 36.2 Å². The van der Waals surface area contributed by atoms with E-state index in [9.17, 15) is 8.42 Å². The molecule has 3 N–H and O–H groups in total. The summed E-state index contributed by atoms with van der Waals surface area (Å²) < 4.78 is 23.2. The van der Waals surface area contributed by atoms with E-state index in [1.54, 1.807) is 0 Å². The minimum absolute atomic E-state index is 0.206. The van der Waals surface area contributed by atoms with Crippen LogP contribution in [0, 0.1) is 11.8 Å². The van der Waals surface area contributed by atoms with E-state index in [0.29, 0.717) is 5.92 Å². The Kier molecular flexibility index (Phi) is 2.54. The highest BCUT2D eigenvalue weighted by Gasteiger charge is 2.51. The van der Waals surface area contributed by atoms with Gasteiger partial charge in [0, 0.05) is 11.6 Å². The van der Waals surface area contributed by atoms with Crippen LogP contribution in [0.4, 0.5) is 0 Å². The molecular weight excluding hydrogens is 272 g/mol. The van der Waals surface area contributed by atoms with Gasteiger partial charge in [-0.2, -0.15) is 0 Å². The lowest BCUT2D eigenvalue weighted by Gasteiger charge is -2.04. The minimum Gasteiger partial charge on any atom is -0.360 e. The van der Waals surface area contributed by atoms with Crippen LogP contribution in [-0.4, -0.2) is 13.4 Å². The quantitative estimate of drug-likeness (QED) is 0.892. The predicted octanol–water partition coefficient (Wildman–Crippen LogP) is 2.72. The van der Waals surface area contributed by atoms with Crippen molar-refractivity contribution in [2.45, 2.75) is 36.5 Å². The molecule has 0 aliphatic heterocycles. The van der Waals surface area contributed by atoms with Gasteiger partial charge in [-0.15, -0.1) is 0 Å². The zero-order chi connectivity index (χ0) is 13.9. The number of para-hydroxylation sites is 1. The van der Waals surface area contributed by atoms with Crippen LogP contribution in [0.3, 0.4) is 0 Å². The summed E-state index contributed by atoms with van der Waals surface area (Å²) in [5.74, 6) is 2.21. The topological polar surface area (TPSA) is 76.0 Å². The molecule has 106 valence electrons. The summed E-state index contributed by atoms with van der Waals surface area (Å²) in [7, 11) is -3.67. The molecule has 4 rings (SSSR count). The first-order chi connectivity index (χ1) is 9.57. The van der Waals surface area contributed by atoms with Crippen molar-refractivity contribution in [1.29, 1.82) is 0 Å². The Balaban J connectivity index is 1.84. The predicted molar refractivity (Wildman–Crippen MR) is 77.9 cm³/mol. The lowest BCUT2D eigenvalue weighted by molar-refractivity contribution is 0.480. The summed E-state index contributed by atoms with van der Waals surface area (Å²) in [4.78, 5) is 3.34. The van der Waals surface area contributed by atoms with E-state index in [1.165, 1.54) is 37.4 Å². The lowest BCUT2D eigenvalue weighted by atomic mass is 10.0. The highest BCUT2D eigenvalue weighted by molar-refractivity contribution is 7.89. The van der Waals surface area contributed by atoms with Crippen LogP contribution in [0.5, 0.6) is 0 Å². The van der Waals surface area contributed by atoms with Crippen LogP contribution in [0.1, 0.15) is 37.2 Å². The molecule has 1 unspecified atom stereocenters. The number of primary sulfonamides is 1. The molecule has 2 aliphatic rings. The third-order valence-corrected chi connectivity index (χ3v) is 5.98. The third-order valence-electron chi connectivity index (χ3n) is 5.03. The van der Waals surface area contributed by atoms with Crippen LogP contribution < -0.4 is 5.14 Å². The van der Waals surface area contributed by atoms with Crippen LogP contribution >= 0.6 is 0 Å². The first-order valence-corrected chi connectivity index (χ1v) is 8.75. The summed E-state index contributed by atoms with van der Waals surface area (Å²) >= 11 is 0. The average molecular weight is 290 g/mol. The van der Waals surface area contributed by atoms with Gasteiger partial charge >= 0.3 is 0 Å². The lowest BCUT2D eigenvalue weighted by Crippen LogP contribution is -2.11. The highest BCUT2D eigenvalue weighted by atomic mass is 32.2. The molecule has 2 saturated carbocycles. The molecule has 1 aromatic carbocycles. The first-order valence-electron chi connectivity index (χ1n) is 7.20. The Bertz CT molecular complexity index is 766. The molecule has 3 atom stereocenters. The van der Waals surface area contributed by atoms with Gasteiger partial charge in [-0.1, -0.05) is 31.0 Å². The molecule has 1 aromatic heterocycles. The van der Waals surface area contributed by atoms with Crippen LogP contribution in [0.2, 0.25) is 0 Å². The first kappa shape index (κ1) is 12.4. The molecule has 2 aliphatic carbocycles. The molecule has 0 spiro atoms. The fraction of sp³-hybridized carbons (Fsp3) is 0.467. The number of aromatic amines is 1. The maximum Gasteiger partial charge on any atom is 0.240 e. The largest absolute Gasteiger partial charge is 0.360 e. The Labute approximate surface area is 118 Å². The fourth-order valence-corrected chi connectivity index (χ4v) is 4.82. The maximum atomic E-state index is 11.6. The second-order valence-corrected chi connectivity index (χ2v) is 7.64. The Hall–Kier alpha value is -1.33. The molecule has 2 aromatic rings. The summed E-state index contributed by atoms with van der Waals surface area (Å²) in [6, 6.07) is 5.92. The molecular formula is C15H18N2O2S. The van der Waals surface area contributed by atoms with Crippen molar-refractivity contribution < 1.29 is 8.42 Å². The van der Waals surface area contributed by atoms with E-state index >= 15 is 0 Å². The third kappa shape index (κ3) is 1.73. The van der Waals surface area contributed by atoms with Crippen molar-refractivity contribution in [3.05, 3.63) is 30.0 Å². The van der Waals surface area contributed by atoms with Crippen molar-refractivity contribution in [2.75, 3.05) is 0 Å². The zero-order valence-electron chi connectivity index (χ0n) is 11.2. The number of rotatable bonds is 2. The molecule has 0 bridgehead atoms. The Morgan fingerprint density at radius 1 is 1.15 bits per heavy atom. The van der Waals surface area contributed by atoms with Crippen LogP contribution in [-0.2, 0) is 10.0 Å². The van der Waals surface area contributed by atoms with E-state index in [2.05, 4.69) is 11.1 Å². The summed E-state index contributed by atoms with van der Waals surface area (Å²) in [5.41, 5.74) is 2.23. The minimum atomic E-state index is -3.67. The van der Waals surface area contributed by atoms with E-state index in [-0.39, 0.29) is 4.90 Å². The highest BCUT2D eigenvalue weighted by Crippen LogP contribution is 2.62. The molecule has 2 fully saturated rings. The molecule has 0 radical (unpaired) electrons. The second-order valence-electron chi connectivity index (χ2n) is 6.11. The molecule has 0 amide bonds.